The van der Waals surface area contributed by atoms with Gasteiger partial charge in [0, 0.05) is 34.0 Å². The number of aromatic amines is 1. The predicted octanol–water partition coefficient (Wildman–Crippen LogP) is 4.66. The van der Waals surface area contributed by atoms with E-state index in [-0.39, 0.29) is 5.91 Å². The van der Waals surface area contributed by atoms with Crippen molar-refractivity contribution in [3.63, 3.8) is 0 Å². The summed E-state index contributed by atoms with van der Waals surface area (Å²) in [5.74, 6) is -0.0149. The van der Waals surface area contributed by atoms with Crippen LogP contribution in [-0.4, -0.2) is 15.9 Å². The standard InChI is InChI=1S/C15H10BrN3O.C6H7N/c16-8-3-4-11-9(6-8)10-7-13(20)18-12-2-1-5-17-15(12)14(10)19-11;1-2-4-6-7-5-3-1/h1-6,19H,7H2,(H,18,20);1-7H. The predicted molar refractivity (Wildman–Crippen MR) is 112 cm³/mol. The van der Waals surface area contributed by atoms with Gasteiger partial charge in [0.15, 0.2) is 0 Å². The van der Waals surface area contributed by atoms with Crippen molar-refractivity contribution in [1.29, 1.82) is 0 Å². The molecule has 0 saturated heterocycles. The second-order valence-electron chi connectivity index (χ2n) is 6.06. The Morgan fingerprint density at radius 3 is 2.67 bits per heavy atom. The number of allylic oxidation sites excluding steroid dienone is 4. The van der Waals surface area contributed by atoms with Crippen molar-refractivity contribution in [3.05, 3.63) is 83.3 Å². The molecule has 2 aromatic heterocycles. The van der Waals surface area contributed by atoms with E-state index in [1.165, 1.54) is 0 Å². The zero-order chi connectivity index (χ0) is 18.6. The first-order valence-electron chi connectivity index (χ1n) is 8.52. The van der Waals surface area contributed by atoms with Crippen LogP contribution in [0.25, 0.3) is 22.3 Å². The Labute approximate surface area is 165 Å². The topological polar surface area (TPSA) is 69.8 Å². The third-order valence-corrected chi connectivity index (χ3v) is 4.74. The summed E-state index contributed by atoms with van der Waals surface area (Å²) in [6, 6.07) is 9.72. The number of rotatable bonds is 0. The lowest BCUT2D eigenvalue weighted by Gasteiger charge is -2.04. The molecule has 0 radical (unpaired) electrons. The number of nitrogens with zero attached hydrogens (tertiary/aromatic N) is 1. The molecule has 4 heterocycles. The number of fused-ring (bicyclic) bond motifs is 5. The van der Waals surface area contributed by atoms with E-state index in [1.807, 2.05) is 67.0 Å². The van der Waals surface area contributed by atoms with Gasteiger partial charge in [-0.15, -0.1) is 0 Å². The minimum absolute atomic E-state index is 0.0149. The lowest BCUT2D eigenvalue weighted by atomic mass is 10.1. The highest BCUT2D eigenvalue weighted by Crippen LogP contribution is 2.36. The van der Waals surface area contributed by atoms with Gasteiger partial charge in [0.1, 0.15) is 5.69 Å². The number of halogens is 1. The molecule has 0 atom stereocenters. The van der Waals surface area contributed by atoms with Crippen LogP contribution in [-0.2, 0) is 11.2 Å². The number of nitrogens with one attached hydrogen (secondary N) is 3. The third kappa shape index (κ3) is 3.71. The van der Waals surface area contributed by atoms with Gasteiger partial charge in [-0.2, -0.15) is 0 Å². The highest BCUT2D eigenvalue weighted by molar-refractivity contribution is 9.10. The maximum absolute atomic E-state index is 12.1. The van der Waals surface area contributed by atoms with E-state index in [0.29, 0.717) is 6.42 Å². The molecule has 2 aliphatic heterocycles. The molecule has 3 N–H and O–H groups in total. The van der Waals surface area contributed by atoms with Crippen molar-refractivity contribution in [1.82, 2.24) is 15.3 Å². The second kappa shape index (κ2) is 7.63. The van der Waals surface area contributed by atoms with Crippen molar-refractivity contribution in [3.8, 4) is 11.4 Å². The van der Waals surface area contributed by atoms with Crippen LogP contribution in [0.15, 0.2) is 77.7 Å². The summed E-state index contributed by atoms with van der Waals surface area (Å²) in [6.45, 7) is 0. The third-order valence-electron chi connectivity index (χ3n) is 4.24. The minimum Gasteiger partial charge on any atom is -0.368 e. The first kappa shape index (κ1) is 17.3. The molecule has 0 saturated carbocycles. The number of carbonyl (C=O) groups excluding carboxylic acids is 1. The Morgan fingerprint density at radius 2 is 1.85 bits per heavy atom. The molecule has 5 rings (SSSR count). The molecule has 0 fully saturated rings. The molecule has 5 nitrogen and oxygen atoms in total. The van der Waals surface area contributed by atoms with E-state index in [9.17, 15) is 4.79 Å². The number of anilines is 1. The summed E-state index contributed by atoms with van der Waals surface area (Å²) >= 11 is 3.48. The Kier molecular flexibility index (Phi) is 4.89. The van der Waals surface area contributed by atoms with Crippen molar-refractivity contribution < 1.29 is 4.79 Å². The van der Waals surface area contributed by atoms with Crippen LogP contribution in [0.2, 0.25) is 0 Å². The van der Waals surface area contributed by atoms with Gasteiger partial charge in [0.05, 0.1) is 17.8 Å². The van der Waals surface area contributed by atoms with E-state index in [1.54, 1.807) is 6.20 Å². The Balaban J connectivity index is 0.000000218. The van der Waals surface area contributed by atoms with Gasteiger partial charge in [-0.25, -0.2) is 0 Å². The fourth-order valence-electron chi connectivity index (χ4n) is 3.07. The molecule has 3 aromatic rings. The van der Waals surface area contributed by atoms with Crippen molar-refractivity contribution in [2.75, 3.05) is 5.32 Å². The lowest BCUT2D eigenvalue weighted by Crippen LogP contribution is -2.12. The van der Waals surface area contributed by atoms with Crippen LogP contribution in [0.4, 0.5) is 5.69 Å². The lowest BCUT2D eigenvalue weighted by molar-refractivity contribution is -0.115. The number of carbonyl (C=O) groups is 1. The maximum atomic E-state index is 12.1. The van der Waals surface area contributed by atoms with E-state index in [2.05, 4.69) is 36.5 Å². The van der Waals surface area contributed by atoms with Gasteiger partial charge >= 0.3 is 0 Å². The molecular weight excluding hydrogens is 404 g/mol. The maximum Gasteiger partial charge on any atom is 0.228 e. The first-order valence-corrected chi connectivity index (χ1v) is 9.31. The Hall–Kier alpha value is -3.12. The van der Waals surface area contributed by atoms with Gasteiger partial charge in [-0.1, -0.05) is 28.1 Å². The summed E-state index contributed by atoms with van der Waals surface area (Å²) in [5, 5.41) is 6.88. The zero-order valence-corrected chi connectivity index (χ0v) is 16.0. The number of hydrogen-bond donors (Lipinski definition) is 3. The minimum atomic E-state index is -0.0149. The van der Waals surface area contributed by atoms with Crippen molar-refractivity contribution in [2.24, 2.45) is 0 Å². The molecule has 0 spiro atoms. The fraction of sp³-hybridized carbons (Fsp3) is 0.0476. The molecule has 0 bridgehead atoms. The fourth-order valence-corrected chi connectivity index (χ4v) is 3.43. The molecule has 0 aliphatic carbocycles. The molecular formula is C21H17BrN4O. The summed E-state index contributed by atoms with van der Waals surface area (Å²) in [4.78, 5) is 19.9. The normalized spacial score (nSPS) is 14.2. The molecule has 1 amide bonds. The molecule has 1 aromatic carbocycles. The van der Waals surface area contributed by atoms with E-state index in [4.69, 9.17) is 0 Å². The number of pyridine rings is 1. The van der Waals surface area contributed by atoms with Crippen LogP contribution < -0.4 is 10.6 Å². The largest absolute Gasteiger partial charge is 0.368 e. The SMILES string of the molecule is C1=CC=CNC=C1.O=C1Cc2c([nH]c3ccc(Br)cc23)-c2ncccc2N1. The van der Waals surface area contributed by atoms with Crippen LogP contribution in [0, 0.1) is 0 Å². The Bertz CT molecular complexity index is 1080. The number of hydrogen-bond acceptors (Lipinski definition) is 3. The van der Waals surface area contributed by atoms with Crippen LogP contribution in [0.5, 0.6) is 0 Å². The highest BCUT2D eigenvalue weighted by atomic mass is 79.9. The molecule has 6 heteroatoms. The summed E-state index contributed by atoms with van der Waals surface area (Å²) in [5.41, 5.74) is 4.48. The number of benzene rings is 1. The van der Waals surface area contributed by atoms with Crippen molar-refractivity contribution in [2.45, 2.75) is 6.42 Å². The molecule has 2 aliphatic rings. The van der Waals surface area contributed by atoms with Gasteiger partial charge in [0.2, 0.25) is 5.91 Å². The van der Waals surface area contributed by atoms with Crippen LogP contribution >= 0.6 is 15.9 Å². The summed E-state index contributed by atoms with van der Waals surface area (Å²) in [7, 11) is 0. The van der Waals surface area contributed by atoms with E-state index >= 15 is 0 Å². The zero-order valence-electron chi connectivity index (χ0n) is 14.4. The van der Waals surface area contributed by atoms with Crippen LogP contribution in [0.3, 0.4) is 0 Å². The monoisotopic (exact) mass is 420 g/mol. The smallest absolute Gasteiger partial charge is 0.228 e. The molecule has 27 heavy (non-hydrogen) atoms. The number of amides is 1. The summed E-state index contributed by atoms with van der Waals surface area (Å²) < 4.78 is 0.998. The van der Waals surface area contributed by atoms with Gasteiger partial charge in [0.25, 0.3) is 0 Å². The second-order valence-corrected chi connectivity index (χ2v) is 6.98. The first-order chi connectivity index (χ1) is 13.2. The number of H-pyrrole nitrogens is 1. The van der Waals surface area contributed by atoms with E-state index < -0.39 is 0 Å². The van der Waals surface area contributed by atoms with Crippen molar-refractivity contribution >= 4 is 38.4 Å². The van der Waals surface area contributed by atoms with Gasteiger partial charge < -0.3 is 15.6 Å². The van der Waals surface area contributed by atoms with Gasteiger partial charge in [-0.05, 0) is 48.0 Å². The van der Waals surface area contributed by atoms with E-state index in [0.717, 1.165) is 38.0 Å². The highest BCUT2D eigenvalue weighted by Gasteiger charge is 2.23. The molecule has 134 valence electrons. The quantitative estimate of drug-likeness (QED) is 0.495. The summed E-state index contributed by atoms with van der Waals surface area (Å²) in [6.07, 6.45) is 13.7. The average Bonchev–Trinajstić information content (AvgIpc) is 2.87. The molecule has 0 unspecified atom stereocenters. The van der Waals surface area contributed by atoms with Gasteiger partial charge in [-0.3, -0.25) is 9.78 Å². The Morgan fingerprint density at radius 1 is 1.04 bits per heavy atom. The average molecular weight is 421 g/mol. The number of aromatic nitrogens is 2. The van der Waals surface area contributed by atoms with Crippen LogP contribution in [0.1, 0.15) is 5.56 Å².